The second-order valence-corrected chi connectivity index (χ2v) is 4.91. The SMILES string of the molecule is CN1CCC(NC(=O)c2ccccc2CN)CC1. The van der Waals surface area contributed by atoms with Crippen LogP contribution in [0.1, 0.15) is 28.8 Å². The van der Waals surface area contributed by atoms with Gasteiger partial charge in [-0.2, -0.15) is 0 Å². The largest absolute Gasteiger partial charge is 0.349 e. The van der Waals surface area contributed by atoms with Gasteiger partial charge in [0.25, 0.3) is 5.91 Å². The Bertz CT molecular complexity index is 411. The lowest BCUT2D eigenvalue weighted by atomic mass is 10.0. The Labute approximate surface area is 108 Å². The van der Waals surface area contributed by atoms with Gasteiger partial charge in [-0.05, 0) is 44.6 Å². The van der Waals surface area contributed by atoms with Gasteiger partial charge in [-0.3, -0.25) is 4.79 Å². The highest BCUT2D eigenvalue weighted by Gasteiger charge is 2.19. The molecule has 1 aliphatic heterocycles. The Balaban J connectivity index is 1.99. The third kappa shape index (κ3) is 3.09. The molecule has 1 amide bonds. The van der Waals surface area contributed by atoms with E-state index in [4.69, 9.17) is 5.73 Å². The van der Waals surface area contributed by atoms with E-state index in [0.717, 1.165) is 31.5 Å². The molecule has 0 saturated carbocycles. The summed E-state index contributed by atoms with van der Waals surface area (Å²) in [6.45, 7) is 2.49. The number of nitrogens with zero attached hydrogens (tertiary/aromatic N) is 1. The van der Waals surface area contributed by atoms with Crippen LogP contribution in [0.2, 0.25) is 0 Å². The lowest BCUT2D eigenvalue weighted by molar-refractivity contribution is 0.0916. The molecule has 0 aliphatic carbocycles. The minimum absolute atomic E-state index is 0.00519. The topological polar surface area (TPSA) is 58.4 Å². The van der Waals surface area contributed by atoms with Crippen LogP contribution in [0.4, 0.5) is 0 Å². The van der Waals surface area contributed by atoms with Crippen molar-refractivity contribution in [1.29, 1.82) is 0 Å². The minimum atomic E-state index is 0.00519. The fourth-order valence-corrected chi connectivity index (χ4v) is 2.34. The molecule has 1 aliphatic rings. The molecular weight excluding hydrogens is 226 g/mol. The molecule has 1 heterocycles. The fourth-order valence-electron chi connectivity index (χ4n) is 2.34. The number of nitrogens with two attached hydrogens (primary N) is 1. The van der Waals surface area contributed by atoms with Gasteiger partial charge < -0.3 is 16.0 Å². The molecule has 0 atom stereocenters. The van der Waals surface area contributed by atoms with Crippen LogP contribution in [0, 0.1) is 0 Å². The number of rotatable bonds is 3. The number of amides is 1. The van der Waals surface area contributed by atoms with E-state index >= 15 is 0 Å². The first-order chi connectivity index (χ1) is 8.70. The molecule has 4 nitrogen and oxygen atoms in total. The smallest absolute Gasteiger partial charge is 0.251 e. The summed E-state index contributed by atoms with van der Waals surface area (Å²) < 4.78 is 0. The van der Waals surface area contributed by atoms with Crippen molar-refractivity contribution in [2.24, 2.45) is 5.73 Å². The Hall–Kier alpha value is -1.39. The lowest BCUT2D eigenvalue weighted by Gasteiger charge is -2.29. The molecule has 3 N–H and O–H groups in total. The van der Waals surface area contributed by atoms with E-state index in [1.165, 1.54) is 0 Å². The maximum absolute atomic E-state index is 12.2. The van der Waals surface area contributed by atoms with Gasteiger partial charge >= 0.3 is 0 Å². The highest BCUT2D eigenvalue weighted by molar-refractivity contribution is 5.95. The summed E-state index contributed by atoms with van der Waals surface area (Å²) >= 11 is 0. The van der Waals surface area contributed by atoms with Crippen LogP contribution in [0.3, 0.4) is 0 Å². The van der Waals surface area contributed by atoms with Gasteiger partial charge in [0.1, 0.15) is 0 Å². The number of benzene rings is 1. The zero-order chi connectivity index (χ0) is 13.0. The van der Waals surface area contributed by atoms with Crippen LogP contribution in [0.5, 0.6) is 0 Å². The van der Waals surface area contributed by atoms with Crippen LogP contribution in [-0.4, -0.2) is 37.0 Å². The number of hydrogen-bond donors (Lipinski definition) is 2. The molecule has 0 spiro atoms. The predicted molar refractivity (Wildman–Crippen MR) is 72.3 cm³/mol. The average Bonchev–Trinajstić information content (AvgIpc) is 2.41. The summed E-state index contributed by atoms with van der Waals surface area (Å²) in [7, 11) is 2.11. The predicted octanol–water partition coefficient (Wildman–Crippen LogP) is 0.969. The van der Waals surface area contributed by atoms with Crippen molar-refractivity contribution in [3.63, 3.8) is 0 Å². The highest BCUT2D eigenvalue weighted by atomic mass is 16.1. The van der Waals surface area contributed by atoms with Crippen molar-refractivity contribution in [1.82, 2.24) is 10.2 Å². The maximum atomic E-state index is 12.2. The standard InChI is InChI=1S/C14H21N3O/c1-17-8-6-12(7-9-17)16-14(18)13-5-3-2-4-11(13)10-15/h2-5,12H,6-10,15H2,1H3,(H,16,18). The van der Waals surface area contributed by atoms with Gasteiger partial charge in [0, 0.05) is 18.2 Å². The van der Waals surface area contributed by atoms with E-state index in [-0.39, 0.29) is 5.91 Å². The molecule has 0 bridgehead atoms. The van der Waals surface area contributed by atoms with E-state index < -0.39 is 0 Å². The van der Waals surface area contributed by atoms with Crippen LogP contribution < -0.4 is 11.1 Å². The lowest BCUT2D eigenvalue weighted by Crippen LogP contribution is -2.43. The first-order valence-electron chi connectivity index (χ1n) is 6.48. The van der Waals surface area contributed by atoms with Gasteiger partial charge in [0.15, 0.2) is 0 Å². The van der Waals surface area contributed by atoms with Gasteiger partial charge in [-0.1, -0.05) is 18.2 Å². The van der Waals surface area contributed by atoms with Crippen molar-refractivity contribution >= 4 is 5.91 Å². The molecule has 18 heavy (non-hydrogen) atoms. The van der Waals surface area contributed by atoms with Crippen molar-refractivity contribution in [3.8, 4) is 0 Å². The summed E-state index contributed by atoms with van der Waals surface area (Å²) in [5, 5.41) is 3.11. The first-order valence-corrected chi connectivity index (χ1v) is 6.48. The molecule has 2 rings (SSSR count). The highest BCUT2D eigenvalue weighted by Crippen LogP contribution is 2.12. The molecule has 1 fully saturated rings. The third-order valence-corrected chi connectivity index (χ3v) is 3.54. The van der Waals surface area contributed by atoms with Crippen LogP contribution >= 0.6 is 0 Å². The molecule has 4 heteroatoms. The van der Waals surface area contributed by atoms with Crippen LogP contribution in [-0.2, 0) is 6.54 Å². The summed E-state index contributed by atoms with van der Waals surface area (Å²) in [5.41, 5.74) is 7.27. The second-order valence-electron chi connectivity index (χ2n) is 4.91. The summed E-state index contributed by atoms with van der Waals surface area (Å²) in [5.74, 6) is 0.00519. The molecule has 0 unspecified atom stereocenters. The average molecular weight is 247 g/mol. The van der Waals surface area contributed by atoms with E-state index in [0.29, 0.717) is 18.2 Å². The third-order valence-electron chi connectivity index (χ3n) is 3.54. The van der Waals surface area contributed by atoms with Crippen molar-refractivity contribution in [3.05, 3.63) is 35.4 Å². The van der Waals surface area contributed by atoms with Crippen molar-refractivity contribution < 1.29 is 4.79 Å². The van der Waals surface area contributed by atoms with Crippen LogP contribution in [0.25, 0.3) is 0 Å². The zero-order valence-corrected chi connectivity index (χ0v) is 10.9. The summed E-state index contributed by atoms with van der Waals surface area (Å²) in [6.07, 6.45) is 2.04. The van der Waals surface area contributed by atoms with E-state index in [1.807, 2.05) is 24.3 Å². The molecule has 98 valence electrons. The minimum Gasteiger partial charge on any atom is -0.349 e. The van der Waals surface area contributed by atoms with Gasteiger partial charge in [-0.25, -0.2) is 0 Å². The Morgan fingerprint density at radius 3 is 2.72 bits per heavy atom. The Morgan fingerprint density at radius 1 is 1.39 bits per heavy atom. The molecule has 0 radical (unpaired) electrons. The van der Waals surface area contributed by atoms with Crippen molar-refractivity contribution in [2.75, 3.05) is 20.1 Å². The van der Waals surface area contributed by atoms with E-state index in [2.05, 4.69) is 17.3 Å². The summed E-state index contributed by atoms with van der Waals surface area (Å²) in [6, 6.07) is 7.83. The monoisotopic (exact) mass is 247 g/mol. The maximum Gasteiger partial charge on any atom is 0.251 e. The summed E-state index contributed by atoms with van der Waals surface area (Å²) in [4.78, 5) is 14.5. The number of nitrogens with one attached hydrogen (secondary N) is 1. The van der Waals surface area contributed by atoms with Gasteiger partial charge in [-0.15, -0.1) is 0 Å². The quantitative estimate of drug-likeness (QED) is 0.836. The Morgan fingerprint density at radius 2 is 2.06 bits per heavy atom. The van der Waals surface area contributed by atoms with Gasteiger partial charge in [0.05, 0.1) is 0 Å². The number of carbonyl (C=O) groups excluding carboxylic acids is 1. The molecule has 0 aromatic heterocycles. The molecule has 1 saturated heterocycles. The van der Waals surface area contributed by atoms with Crippen LogP contribution in [0.15, 0.2) is 24.3 Å². The molecule has 1 aromatic rings. The Kier molecular flexibility index (Phi) is 4.33. The second kappa shape index (κ2) is 5.98. The molecule has 1 aromatic carbocycles. The fraction of sp³-hybridized carbons (Fsp3) is 0.500. The van der Waals surface area contributed by atoms with Crippen molar-refractivity contribution in [2.45, 2.75) is 25.4 Å². The zero-order valence-electron chi connectivity index (χ0n) is 10.9. The normalized spacial score (nSPS) is 17.7. The number of likely N-dealkylation sites (tertiary alicyclic amines) is 1. The van der Waals surface area contributed by atoms with Gasteiger partial charge in [0.2, 0.25) is 0 Å². The number of hydrogen-bond acceptors (Lipinski definition) is 3. The number of piperidine rings is 1. The first kappa shape index (κ1) is 13.1. The van der Waals surface area contributed by atoms with E-state index in [9.17, 15) is 4.79 Å². The van der Waals surface area contributed by atoms with E-state index in [1.54, 1.807) is 0 Å². The molecular formula is C14H21N3O. The number of carbonyl (C=O) groups is 1.